The van der Waals surface area contributed by atoms with E-state index in [4.69, 9.17) is 4.74 Å². The zero-order chi connectivity index (χ0) is 36.0. The molecular weight excluding hydrogens is 633 g/mol. The number of hydrogen-bond donors (Lipinski definition) is 0. The average Bonchev–Trinajstić information content (AvgIpc) is 3.63. The molecule has 0 saturated heterocycles. The SMILES string of the molecule is Cc1ccc([Si](C)(C)c2cccc3c2C=CC3)c(-c2cc(C(C)(C)c3ccccc3)cc(C(C)(C)c3ccccc3)c2Oc2ccccc2)c1C. The summed E-state index contributed by atoms with van der Waals surface area (Å²) in [7, 11) is -2.27. The molecule has 51 heavy (non-hydrogen) atoms. The Morgan fingerprint density at radius 3 is 1.84 bits per heavy atom. The summed E-state index contributed by atoms with van der Waals surface area (Å²) in [6.07, 6.45) is 5.68. The van der Waals surface area contributed by atoms with E-state index in [-0.39, 0.29) is 10.8 Å². The number of benzene rings is 6. The van der Waals surface area contributed by atoms with Crippen LogP contribution in [0.3, 0.4) is 0 Å². The van der Waals surface area contributed by atoms with Crippen LogP contribution in [-0.4, -0.2) is 8.07 Å². The van der Waals surface area contributed by atoms with E-state index in [0.29, 0.717) is 0 Å². The molecule has 0 unspecified atom stereocenters. The largest absolute Gasteiger partial charge is 0.456 e. The molecule has 7 rings (SSSR count). The molecule has 1 aliphatic rings. The zero-order valence-electron chi connectivity index (χ0n) is 31.5. The third kappa shape index (κ3) is 6.21. The molecule has 0 aliphatic heterocycles. The van der Waals surface area contributed by atoms with Gasteiger partial charge in [-0.1, -0.05) is 168 Å². The topological polar surface area (TPSA) is 9.23 Å². The fraction of sp³-hybridized carbons (Fsp3) is 0.224. The van der Waals surface area contributed by atoms with Gasteiger partial charge in [0, 0.05) is 22.0 Å². The van der Waals surface area contributed by atoms with Crippen LogP contribution in [0.25, 0.3) is 17.2 Å². The fourth-order valence-electron chi connectivity index (χ4n) is 8.05. The smallest absolute Gasteiger partial charge is 0.139 e. The van der Waals surface area contributed by atoms with E-state index in [1.165, 1.54) is 66.0 Å². The molecule has 0 bridgehead atoms. The van der Waals surface area contributed by atoms with Crippen molar-refractivity contribution in [2.24, 2.45) is 0 Å². The number of ether oxygens (including phenoxy) is 1. The Kier molecular flexibility index (Phi) is 9.02. The average molecular weight is 683 g/mol. The first-order valence-corrected chi connectivity index (χ1v) is 21.3. The molecule has 0 amide bonds. The maximum Gasteiger partial charge on any atom is 0.139 e. The minimum atomic E-state index is -2.27. The summed E-state index contributed by atoms with van der Waals surface area (Å²) in [6, 6.07) is 48.8. The van der Waals surface area contributed by atoms with Crippen molar-refractivity contribution in [3.05, 3.63) is 184 Å². The Balaban J connectivity index is 1.60. The predicted molar refractivity (Wildman–Crippen MR) is 221 cm³/mol. The van der Waals surface area contributed by atoms with Crippen molar-refractivity contribution in [1.82, 2.24) is 0 Å². The molecular formula is C49H50OSi. The molecule has 0 aromatic heterocycles. The standard InChI is InChI=1S/C49H50OSi/c1-34-30-31-45(51(7,8)44-29-19-21-36-20-18-28-41(36)44)46(35(34)2)42-32-39(48(3,4)37-22-12-9-13-23-37)33-43(47(42)50-40-26-16-11-17-27-40)49(5,6)38-24-14-10-15-25-38/h9-19,21-33H,20H2,1-8H3. The Labute approximate surface area is 306 Å². The molecule has 0 saturated carbocycles. The second-order valence-electron chi connectivity index (χ2n) is 15.8. The van der Waals surface area contributed by atoms with Crippen molar-refractivity contribution in [3.63, 3.8) is 0 Å². The van der Waals surface area contributed by atoms with Crippen LogP contribution in [-0.2, 0) is 17.3 Å². The maximum absolute atomic E-state index is 7.22. The van der Waals surface area contributed by atoms with Crippen LogP contribution >= 0.6 is 0 Å². The van der Waals surface area contributed by atoms with Gasteiger partial charge in [0.25, 0.3) is 0 Å². The van der Waals surface area contributed by atoms with Gasteiger partial charge in [-0.15, -0.1) is 0 Å². The second kappa shape index (κ2) is 13.3. The van der Waals surface area contributed by atoms with Gasteiger partial charge in [-0.25, -0.2) is 0 Å². The normalized spacial score (nSPS) is 12.9. The lowest BCUT2D eigenvalue weighted by molar-refractivity contribution is 0.462. The summed E-state index contributed by atoms with van der Waals surface area (Å²) >= 11 is 0. The van der Waals surface area contributed by atoms with Crippen molar-refractivity contribution < 1.29 is 4.74 Å². The molecule has 256 valence electrons. The van der Waals surface area contributed by atoms with E-state index in [1.807, 2.05) is 0 Å². The molecule has 1 aliphatic carbocycles. The van der Waals surface area contributed by atoms with E-state index < -0.39 is 8.07 Å². The van der Waals surface area contributed by atoms with Gasteiger partial charge in [0.2, 0.25) is 0 Å². The molecule has 0 atom stereocenters. The third-order valence-corrected chi connectivity index (χ3v) is 15.2. The molecule has 0 radical (unpaired) electrons. The number of allylic oxidation sites excluding steroid dienone is 1. The van der Waals surface area contributed by atoms with Gasteiger partial charge in [0.05, 0.1) is 0 Å². The van der Waals surface area contributed by atoms with Crippen LogP contribution in [0, 0.1) is 13.8 Å². The van der Waals surface area contributed by atoms with Gasteiger partial charge < -0.3 is 4.74 Å². The minimum Gasteiger partial charge on any atom is -0.456 e. The lowest BCUT2D eigenvalue weighted by atomic mass is 9.71. The van der Waals surface area contributed by atoms with Crippen LogP contribution in [0.1, 0.15) is 72.2 Å². The number of aryl methyl sites for hydroxylation is 1. The van der Waals surface area contributed by atoms with Crippen LogP contribution in [0.2, 0.25) is 13.1 Å². The zero-order valence-corrected chi connectivity index (χ0v) is 32.5. The highest BCUT2D eigenvalue weighted by Gasteiger charge is 2.37. The van der Waals surface area contributed by atoms with Crippen molar-refractivity contribution >= 4 is 24.5 Å². The van der Waals surface area contributed by atoms with Crippen molar-refractivity contribution in [1.29, 1.82) is 0 Å². The summed E-state index contributed by atoms with van der Waals surface area (Å²) in [4.78, 5) is 0. The first kappa shape index (κ1) is 34.5. The summed E-state index contributed by atoms with van der Waals surface area (Å²) in [5, 5.41) is 2.93. The summed E-state index contributed by atoms with van der Waals surface area (Å²) < 4.78 is 7.22. The Hall–Kier alpha value is -4.92. The first-order valence-electron chi connectivity index (χ1n) is 18.3. The van der Waals surface area contributed by atoms with Crippen molar-refractivity contribution in [2.75, 3.05) is 0 Å². The van der Waals surface area contributed by atoms with Gasteiger partial charge in [-0.05, 0) is 93.3 Å². The second-order valence-corrected chi connectivity index (χ2v) is 20.2. The summed E-state index contributed by atoms with van der Waals surface area (Å²) in [5.74, 6) is 1.77. The highest BCUT2D eigenvalue weighted by Crippen LogP contribution is 2.48. The lowest BCUT2D eigenvalue weighted by Gasteiger charge is -2.35. The van der Waals surface area contributed by atoms with Crippen LogP contribution < -0.4 is 15.1 Å². The number of rotatable bonds is 9. The Morgan fingerprint density at radius 1 is 0.588 bits per heavy atom. The number of hydrogen-bond acceptors (Lipinski definition) is 1. The summed E-state index contributed by atoms with van der Waals surface area (Å²) in [6.45, 7) is 19.1. The van der Waals surface area contributed by atoms with E-state index in [2.05, 4.69) is 200 Å². The van der Waals surface area contributed by atoms with Crippen LogP contribution in [0.4, 0.5) is 0 Å². The molecule has 6 aromatic rings. The molecule has 0 heterocycles. The van der Waals surface area contributed by atoms with Crippen molar-refractivity contribution in [3.8, 4) is 22.6 Å². The van der Waals surface area contributed by atoms with E-state index in [9.17, 15) is 0 Å². The predicted octanol–water partition coefficient (Wildman–Crippen LogP) is 11.8. The first-order chi connectivity index (χ1) is 24.4. The van der Waals surface area contributed by atoms with Gasteiger partial charge in [-0.2, -0.15) is 0 Å². The van der Waals surface area contributed by atoms with E-state index >= 15 is 0 Å². The Bertz CT molecular complexity index is 2220. The third-order valence-electron chi connectivity index (χ3n) is 11.6. The maximum atomic E-state index is 7.22. The van der Waals surface area contributed by atoms with Crippen molar-refractivity contribution in [2.45, 2.75) is 71.9 Å². The fourth-order valence-corrected chi connectivity index (χ4v) is 11.2. The minimum absolute atomic E-state index is 0.265. The summed E-state index contributed by atoms with van der Waals surface area (Å²) in [5.41, 5.74) is 12.3. The van der Waals surface area contributed by atoms with Crippen LogP contribution in [0.15, 0.2) is 140 Å². The van der Waals surface area contributed by atoms with E-state index in [1.54, 1.807) is 0 Å². The van der Waals surface area contributed by atoms with Gasteiger partial charge >= 0.3 is 0 Å². The Morgan fingerprint density at radius 2 is 1.20 bits per heavy atom. The number of para-hydroxylation sites is 1. The lowest BCUT2D eigenvalue weighted by Crippen LogP contribution is -2.55. The highest BCUT2D eigenvalue weighted by molar-refractivity contribution is 7.01. The molecule has 0 N–H and O–H groups in total. The number of fused-ring (bicyclic) bond motifs is 1. The molecule has 0 fully saturated rings. The van der Waals surface area contributed by atoms with Gasteiger partial charge in [-0.3, -0.25) is 0 Å². The molecule has 1 nitrogen and oxygen atoms in total. The molecule has 2 heteroatoms. The van der Waals surface area contributed by atoms with Gasteiger partial charge in [0.15, 0.2) is 0 Å². The van der Waals surface area contributed by atoms with Crippen LogP contribution in [0.5, 0.6) is 11.5 Å². The van der Waals surface area contributed by atoms with E-state index in [0.717, 1.165) is 17.9 Å². The van der Waals surface area contributed by atoms with Gasteiger partial charge in [0.1, 0.15) is 19.6 Å². The molecule has 6 aromatic carbocycles. The highest BCUT2D eigenvalue weighted by atomic mass is 28.3. The quantitative estimate of drug-likeness (QED) is 0.138. The monoisotopic (exact) mass is 682 g/mol. The molecule has 0 spiro atoms.